The third-order valence-electron chi connectivity index (χ3n) is 5.45. The lowest BCUT2D eigenvalue weighted by Gasteiger charge is -2.14. The Kier molecular flexibility index (Phi) is 4.59. The molecule has 5 heteroatoms. The van der Waals surface area contributed by atoms with Crippen LogP contribution in [0.5, 0.6) is 0 Å². The van der Waals surface area contributed by atoms with Gasteiger partial charge in [-0.25, -0.2) is 9.67 Å². The van der Waals surface area contributed by atoms with Gasteiger partial charge in [0.05, 0.1) is 6.20 Å². The van der Waals surface area contributed by atoms with E-state index in [4.69, 9.17) is 4.98 Å². The molecule has 0 spiro atoms. The van der Waals surface area contributed by atoms with E-state index in [1.807, 2.05) is 16.9 Å². The Balaban J connectivity index is 1.57. The molecule has 0 amide bonds. The molecule has 1 saturated heterocycles. The molecule has 1 aliphatic carbocycles. The molecule has 2 fully saturated rings. The number of ketones is 1. The molecule has 134 valence electrons. The molecule has 3 heterocycles. The number of nitrogens with zero attached hydrogens (tertiary/aromatic N) is 4. The van der Waals surface area contributed by atoms with Gasteiger partial charge in [0.25, 0.3) is 0 Å². The number of rotatable bonds is 7. The minimum Gasteiger partial charge on any atom is -0.303 e. The van der Waals surface area contributed by atoms with Crippen molar-refractivity contribution in [3.63, 3.8) is 0 Å². The molecule has 0 unspecified atom stereocenters. The van der Waals surface area contributed by atoms with Crippen molar-refractivity contribution in [2.75, 3.05) is 19.6 Å². The van der Waals surface area contributed by atoms with E-state index in [0.717, 1.165) is 35.3 Å². The number of carbonyl (C=O) groups excluding carboxylic acids is 1. The molecule has 0 aromatic carbocycles. The standard InChI is InChI=1S/C20H28N4O/c1-14(2)24-20-17(13-21-24)16(12-18(22-20)15-7-8-15)19(25)6-5-11-23-9-3-4-10-23/h12-15H,3-11H2,1-2H3. The van der Waals surface area contributed by atoms with Gasteiger partial charge < -0.3 is 4.90 Å². The predicted molar refractivity (Wildman–Crippen MR) is 99.1 cm³/mol. The summed E-state index contributed by atoms with van der Waals surface area (Å²) in [5.41, 5.74) is 2.79. The van der Waals surface area contributed by atoms with E-state index in [1.54, 1.807) is 0 Å². The summed E-state index contributed by atoms with van der Waals surface area (Å²) in [4.78, 5) is 20.2. The fraction of sp³-hybridized carbons (Fsp3) is 0.650. The molecule has 0 bridgehead atoms. The Hall–Kier alpha value is -1.75. The number of fused-ring (bicyclic) bond motifs is 1. The van der Waals surface area contributed by atoms with E-state index >= 15 is 0 Å². The summed E-state index contributed by atoms with van der Waals surface area (Å²) in [6.07, 6.45) is 8.38. The summed E-state index contributed by atoms with van der Waals surface area (Å²) in [7, 11) is 0. The van der Waals surface area contributed by atoms with Crippen LogP contribution in [0, 0.1) is 0 Å². The summed E-state index contributed by atoms with van der Waals surface area (Å²) in [5.74, 6) is 0.785. The molecule has 1 aliphatic heterocycles. The molecule has 2 aromatic rings. The van der Waals surface area contributed by atoms with Crippen molar-refractivity contribution in [2.45, 2.75) is 64.3 Å². The van der Waals surface area contributed by atoms with E-state index in [0.29, 0.717) is 12.3 Å². The number of pyridine rings is 1. The van der Waals surface area contributed by atoms with Crippen molar-refractivity contribution in [3.05, 3.63) is 23.5 Å². The average molecular weight is 340 g/mol. The van der Waals surface area contributed by atoms with Gasteiger partial charge in [-0.15, -0.1) is 0 Å². The first-order valence-electron chi connectivity index (χ1n) is 9.77. The highest BCUT2D eigenvalue weighted by Gasteiger charge is 2.28. The van der Waals surface area contributed by atoms with Gasteiger partial charge in [0.15, 0.2) is 11.4 Å². The number of aromatic nitrogens is 3. The SMILES string of the molecule is CC(C)n1ncc2c(C(=O)CCCN3CCCC3)cc(C3CC3)nc21. The quantitative estimate of drug-likeness (QED) is 0.716. The predicted octanol–water partition coefficient (Wildman–Crippen LogP) is 3.95. The molecule has 0 radical (unpaired) electrons. The van der Waals surface area contributed by atoms with Crippen molar-refractivity contribution in [1.82, 2.24) is 19.7 Å². The molecule has 2 aliphatic rings. The highest BCUT2D eigenvalue weighted by atomic mass is 16.1. The number of Topliss-reactive ketones (excluding diaryl/α,β-unsaturated/α-hetero) is 1. The van der Waals surface area contributed by atoms with Crippen molar-refractivity contribution in [3.8, 4) is 0 Å². The van der Waals surface area contributed by atoms with Gasteiger partial charge in [0.1, 0.15) is 0 Å². The maximum atomic E-state index is 12.9. The first-order valence-corrected chi connectivity index (χ1v) is 9.77. The Morgan fingerprint density at radius 2 is 2.04 bits per heavy atom. The third-order valence-corrected chi connectivity index (χ3v) is 5.45. The molecule has 0 atom stereocenters. The molecule has 2 aromatic heterocycles. The van der Waals surface area contributed by atoms with Crippen LogP contribution in [0.25, 0.3) is 11.0 Å². The third kappa shape index (κ3) is 3.47. The van der Waals surface area contributed by atoms with E-state index < -0.39 is 0 Å². The van der Waals surface area contributed by atoms with E-state index in [9.17, 15) is 4.79 Å². The van der Waals surface area contributed by atoms with Gasteiger partial charge in [0, 0.05) is 35.0 Å². The molecule has 0 N–H and O–H groups in total. The van der Waals surface area contributed by atoms with Crippen LogP contribution in [0.4, 0.5) is 0 Å². The molecule has 4 rings (SSSR count). The summed E-state index contributed by atoms with van der Waals surface area (Å²) < 4.78 is 1.95. The maximum Gasteiger partial charge on any atom is 0.163 e. The van der Waals surface area contributed by atoms with Crippen molar-refractivity contribution in [2.24, 2.45) is 0 Å². The lowest BCUT2D eigenvalue weighted by Crippen LogP contribution is -2.21. The van der Waals surface area contributed by atoms with Crippen LogP contribution in [0.1, 0.15) is 80.4 Å². The zero-order valence-corrected chi connectivity index (χ0v) is 15.4. The second-order valence-electron chi connectivity index (χ2n) is 7.86. The molecule has 25 heavy (non-hydrogen) atoms. The fourth-order valence-corrected chi connectivity index (χ4v) is 3.84. The van der Waals surface area contributed by atoms with E-state index in [1.165, 1.54) is 38.8 Å². The van der Waals surface area contributed by atoms with Crippen LogP contribution >= 0.6 is 0 Å². The van der Waals surface area contributed by atoms with E-state index in [2.05, 4.69) is 23.8 Å². The average Bonchev–Trinajstić information content (AvgIpc) is 3.14. The van der Waals surface area contributed by atoms with E-state index in [-0.39, 0.29) is 11.8 Å². The highest BCUT2D eigenvalue weighted by Crippen LogP contribution is 2.40. The van der Waals surface area contributed by atoms with Crippen molar-refractivity contribution in [1.29, 1.82) is 0 Å². The highest BCUT2D eigenvalue weighted by molar-refractivity contribution is 6.06. The number of hydrogen-bond acceptors (Lipinski definition) is 4. The van der Waals surface area contributed by atoms with Crippen molar-refractivity contribution >= 4 is 16.8 Å². The largest absolute Gasteiger partial charge is 0.303 e. The second-order valence-corrected chi connectivity index (χ2v) is 7.86. The molecular formula is C20H28N4O. The Morgan fingerprint density at radius 1 is 1.28 bits per heavy atom. The fourth-order valence-electron chi connectivity index (χ4n) is 3.84. The van der Waals surface area contributed by atoms with Crippen LogP contribution < -0.4 is 0 Å². The zero-order valence-electron chi connectivity index (χ0n) is 15.4. The summed E-state index contributed by atoms with van der Waals surface area (Å²) in [6, 6.07) is 2.29. The Morgan fingerprint density at radius 3 is 2.72 bits per heavy atom. The normalized spacial score (nSPS) is 18.5. The lowest BCUT2D eigenvalue weighted by molar-refractivity contribution is 0.0977. The number of carbonyl (C=O) groups is 1. The summed E-state index contributed by atoms with van der Waals surface area (Å²) in [5, 5.41) is 5.42. The van der Waals surface area contributed by atoms with Crippen LogP contribution in [-0.4, -0.2) is 45.1 Å². The molecule has 5 nitrogen and oxygen atoms in total. The van der Waals surface area contributed by atoms with Gasteiger partial charge in [0.2, 0.25) is 0 Å². The summed E-state index contributed by atoms with van der Waals surface area (Å²) in [6.45, 7) is 7.65. The second kappa shape index (κ2) is 6.87. The minimum absolute atomic E-state index is 0.247. The van der Waals surface area contributed by atoms with Gasteiger partial charge in [-0.3, -0.25) is 4.79 Å². The summed E-state index contributed by atoms with van der Waals surface area (Å²) >= 11 is 0. The first-order chi connectivity index (χ1) is 12.1. The molecule has 1 saturated carbocycles. The van der Waals surface area contributed by atoms with Crippen LogP contribution in [0.3, 0.4) is 0 Å². The first kappa shape index (κ1) is 16.7. The smallest absolute Gasteiger partial charge is 0.163 e. The molecular weight excluding hydrogens is 312 g/mol. The van der Waals surface area contributed by atoms with Crippen LogP contribution in [-0.2, 0) is 0 Å². The van der Waals surface area contributed by atoms with Crippen LogP contribution in [0.15, 0.2) is 12.3 Å². The Labute approximate surface area is 149 Å². The van der Waals surface area contributed by atoms with Gasteiger partial charge >= 0.3 is 0 Å². The van der Waals surface area contributed by atoms with Crippen molar-refractivity contribution < 1.29 is 4.79 Å². The lowest BCUT2D eigenvalue weighted by atomic mass is 10.0. The number of likely N-dealkylation sites (tertiary alicyclic amines) is 1. The van der Waals surface area contributed by atoms with Gasteiger partial charge in [-0.05, 0) is 71.7 Å². The monoisotopic (exact) mass is 340 g/mol. The number of hydrogen-bond donors (Lipinski definition) is 0. The van der Waals surface area contributed by atoms with Gasteiger partial charge in [-0.1, -0.05) is 0 Å². The maximum absolute atomic E-state index is 12.9. The topological polar surface area (TPSA) is 51.0 Å². The van der Waals surface area contributed by atoms with Crippen LogP contribution in [0.2, 0.25) is 0 Å². The van der Waals surface area contributed by atoms with Gasteiger partial charge in [-0.2, -0.15) is 5.10 Å². The minimum atomic E-state index is 0.247. The zero-order chi connectivity index (χ0) is 17.4. The Bertz CT molecular complexity index is 769.